The second-order valence-electron chi connectivity index (χ2n) is 4.54. The monoisotopic (exact) mass is 277 g/mol. The summed E-state index contributed by atoms with van der Waals surface area (Å²) < 4.78 is 5.39. The summed E-state index contributed by atoms with van der Waals surface area (Å²) in [5.74, 6) is -1.15. The van der Waals surface area contributed by atoms with E-state index in [9.17, 15) is 14.7 Å². The van der Waals surface area contributed by atoms with Crippen molar-refractivity contribution < 1.29 is 19.4 Å². The largest absolute Gasteiger partial charge is 0.489 e. The van der Waals surface area contributed by atoms with Crippen molar-refractivity contribution in [3.63, 3.8) is 0 Å². The number of rotatable bonds is 7. The molecule has 2 N–H and O–H groups in total. The third kappa shape index (κ3) is 3.60. The van der Waals surface area contributed by atoms with Crippen LogP contribution < -0.4 is 10.1 Å². The van der Waals surface area contributed by atoms with Crippen LogP contribution in [0.2, 0.25) is 0 Å². The van der Waals surface area contributed by atoms with Crippen LogP contribution in [0, 0.1) is 0 Å². The number of nitrogens with one attached hydrogen (secondary N) is 1. The van der Waals surface area contributed by atoms with E-state index in [0.717, 1.165) is 0 Å². The average molecular weight is 277 g/mol. The molecule has 1 rings (SSSR count). The molecule has 0 fully saturated rings. The highest BCUT2D eigenvalue weighted by Crippen LogP contribution is 2.19. The Hall–Kier alpha value is -2.30. The number of benzene rings is 1. The molecule has 0 bridgehead atoms. The van der Waals surface area contributed by atoms with Crippen molar-refractivity contribution in [2.24, 2.45) is 0 Å². The van der Waals surface area contributed by atoms with Crippen LogP contribution in [0.15, 0.2) is 36.9 Å². The fourth-order valence-corrected chi connectivity index (χ4v) is 1.54. The Bertz CT molecular complexity index is 512. The van der Waals surface area contributed by atoms with Crippen molar-refractivity contribution in [1.82, 2.24) is 5.32 Å². The molecule has 0 aromatic heterocycles. The summed E-state index contributed by atoms with van der Waals surface area (Å²) in [6.07, 6.45) is 1.85. The van der Waals surface area contributed by atoms with E-state index < -0.39 is 17.4 Å². The summed E-state index contributed by atoms with van der Waals surface area (Å²) >= 11 is 0. The van der Waals surface area contributed by atoms with Crippen LogP contribution in [0.5, 0.6) is 5.75 Å². The number of hydrogen-bond acceptors (Lipinski definition) is 3. The Morgan fingerprint density at radius 1 is 1.45 bits per heavy atom. The van der Waals surface area contributed by atoms with Crippen molar-refractivity contribution in [3.8, 4) is 5.75 Å². The van der Waals surface area contributed by atoms with Gasteiger partial charge in [0, 0.05) is 0 Å². The molecule has 0 aliphatic heterocycles. The number of carboxylic acids is 1. The summed E-state index contributed by atoms with van der Waals surface area (Å²) in [6.45, 7) is 6.99. The van der Waals surface area contributed by atoms with Gasteiger partial charge in [-0.1, -0.05) is 31.7 Å². The van der Waals surface area contributed by atoms with Gasteiger partial charge in [0.25, 0.3) is 5.91 Å². The van der Waals surface area contributed by atoms with E-state index in [4.69, 9.17) is 4.74 Å². The minimum atomic E-state index is -1.30. The van der Waals surface area contributed by atoms with Crippen LogP contribution >= 0.6 is 0 Å². The molecule has 0 aliphatic carbocycles. The Balaban J connectivity index is 2.97. The molecule has 1 aromatic rings. The van der Waals surface area contributed by atoms with Gasteiger partial charge in [-0.15, -0.1) is 0 Å². The third-order valence-electron chi connectivity index (χ3n) is 3.06. The number of ether oxygens (including phenoxy) is 1. The normalized spacial score (nSPS) is 13.1. The Morgan fingerprint density at radius 2 is 2.10 bits per heavy atom. The van der Waals surface area contributed by atoms with Crippen LogP contribution in [-0.2, 0) is 4.79 Å². The lowest BCUT2D eigenvalue weighted by Gasteiger charge is -2.25. The van der Waals surface area contributed by atoms with Gasteiger partial charge in [-0.2, -0.15) is 0 Å². The van der Waals surface area contributed by atoms with Crippen molar-refractivity contribution in [1.29, 1.82) is 0 Å². The minimum absolute atomic E-state index is 0.272. The van der Waals surface area contributed by atoms with E-state index in [-0.39, 0.29) is 13.0 Å². The van der Waals surface area contributed by atoms with Crippen molar-refractivity contribution in [3.05, 3.63) is 42.5 Å². The minimum Gasteiger partial charge on any atom is -0.489 e. The number of carbonyl (C=O) groups excluding carboxylic acids is 1. The lowest BCUT2D eigenvalue weighted by molar-refractivity contribution is -0.143. The van der Waals surface area contributed by atoms with Gasteiger partial charge in [-0.3, -0.25) is 4.79 Å². The number of aliphatic carboxylic acids is 1. The zero-order valence-corrected chi connectivity index (χ0v) is 11.7. The first-order chi connectivity index (χ1) is 9.44. The average Bonchev–Trinajstić information content (AvgIpc) is 2.44. The molecule has 0 heterocycles. The second kappa shape index (κ2) is 6.75. The Kier molecular flexibility index (Phi) is 5.32. The molecule has 108 valence electrons. The summed E-state index contributed by atoms with van der Waals surface area (Å²) in [5, 5.41) is 11.7. The molecule has 1 unspecified atom stereocenters. The molecule has 0 saturated carbocycles. The Labute approximate surface area is 118 Å². The molecule has 0 spiro atoms. The van der Waals surface area contributed by atoms with Gasteiger partial charge in [0.1, 0.15) is 17.9 Å². The highest BCUT2D eigenvalue weighted by Gasteiger charge is 2.33. The van der Waals surface area contributed by atoms with E-state index in [1.165, 1.54) is 6.92 Å². The zero-order chi connectivity index (χ0) is 15.2. The molecular weight excluding hydrogens is 258 g/mol. The molecule has 5 nitrogen and oxygen atoms in total. The highest BCUT2D eigenvalue weighted by molar-refractivity contribution is 5.99. The SMILES string of the molecule is C=CCOc1ccccc1C(=O)NC(C)(CC)C(=O)O. The van der Waals surface area contributed by atoms with Crippen molar-refractivity contribution in [2.75, 3.05) is 6.61 Å². The first kappa shape index (κ1) is 15.8. The maximum atomic E-state index is 12.2. The summed E-state index contributed by atoms with van der Waals surface area (Å²) in [7, 11) is 0. The van der Waals surface area contributed by atoms with E-state index in [0.29, 0.717) is 11.3 Å². The smallest absolute Gasteiger partial charge is 0.329 e. The molecule has 5 heteroatoms. The van der Waals surface area contributed by atoms with Crippen LogP contribution in [0.4, 0.5) is 0 Å². The quantitative estimate of drug-likeness (QED) is 0.749. The number of para-hydroxylation sites is 1. The number of carboxylic acid groups (broad SMARTS) is 1. The van der Waals surface area contributed by atoms with Crippen LogP contribution in [0.3, 0.4) is 0 Å². The molecule has 1 aromatic carbocycles. The lowest BCUT2D eigenvalue weighted by atomic mass is 9.98. The zero-order valence-electron chi connectivity index (χ0n) is 11.7. The molecule has 20 heavy (non-hydrogen) atoms. The Morgan fingerprint density at radius 3 is 2.65 bits per heavy atom. The first-order valence-electron chi connectivity index (χ1n) is 6.33. The van der Waals surface area contributed by atoms with Crippen molar-refractivity contribution >= 4 is 11.9 Å². The van der Waals surface area contributed by atoms with E-state index in [1.54, 1.807) is 37.3 Å². The lowest BCUT2D eigenvalue weighted by Crippen LogP contribution is -2.51. The van der Waals surface area contributed by atoms with Crippen molar-refractivity contribution in [2.45, 2.75) is 25.8 Å². The van der Waals surface area contributed by atoms with E-state index in [1.807, 2.05) is 0 Å². The summed E-state index contributed by atoms with van der Waals surface area (Å²) in [4.78, 5) is 23.4. The van der Waals surface area contributed by atoms with Gasteiger partial charge >= 0.3 is 5.97 Å². The topological polar surface area (TPSA) is 75.6 Å². The molecule has 0 aliphatic rings. The summed E-state index contributed by atoms with van der Waals surface area (Å²) in [5.41, 5.74) is -1.00. The fraction of sp³-hybridized carbons (Fsp3) is 0.333. The second-order valence-corrected chi connectivity index (χ2v) is 4.54. The fourth-order valence-electron chi connectivity index (χ4n) is 1.54. The molecule has 0 radical (unpaired) electrons. The van der Waals surface area contributed by atoms with Gasteiger partial charge in [0.05, 0.1) is 5.56 Å². The predicted octanol–water partition coefficient (Wildman–Crippen LogP) is 2.23. The van der Waals surface area contributed by atoms with Crippen LogP contribution in [0.25, 0.3) is 0 Å². The van der Waals surface area contributed by atoms with Crippen LogP contribution in [0.1, 0.15) is 30.6 Å². The van der Waals surface area contributed by atoms with Gasteiger partial charge in [0.15, 0.2) is 0 Å². The highest BCUT2D eigenvalue weighted by atomic mass is 16.5. The van der Waals surface area contributed by atoms with Crippen LogP contribution in [-0.4, -0.2) is 29.1 Å². The summed E-state index contributed by atoms with van der Waals surface area (Å²) in [6, 6.07) is 6.68. The maximum Gasteiger partial charge on any atom is 0.329 e. The number of amides is 1. The molecule has 0 saturated heterocycles. The third-order valence-corrected chi connectivity index (χ3v) is 3.06. The van der Waals surface area contributed by atoms with Gasteiger partial charge in [-0.05, 0) is 25.5 Å². The predicted molar refractivity (Wildman–Crippen MR) is 75.9 cm³/mol. The number of hydrogen-bond donors (Lipinski definition) is 2. The standard InChI is InChI=1S/C15H19NO4/c1-4-10-20-12-9-7-6-8-11(12)13(17)16-15(3,5-2)14(18)19/h4,6-9H,1,5,10H2,2-3H3,(H,16,17)(H,18,19). The van der Waals surface area contributed by atoms with Gasteiger partial charge in [-0.25, -0.2) is 4.79 Å². The van der Waals surface area contributed by atoms with E-state index >= 15 is 0 Å². The first-order valence-corrected chi connectivity index (χ1v) is 6.33. The maximum absolute atomic E-state index is 12.2. The molecule has 1 amide bonds. The van der Waals surface area contributed by atoms with E-state index in [2.05, 4.69) is 11.9 Å². The van der Waals surface area contributed by atoms with Gasteiger partial charge in [0.2, 0.25) is 0 Å². The van der Waals surface area contributed by atoms with Gasteiger partial charge < -0.3 is 15.2 Å². The molecule has 1 atom stereocenters. The number of carbonyl (C=O) groups is 2. The molecular formula is C15H19NO4.